The molecule has 0 aliphatic rings. The Morgan fingerprint density at radius 3 is 2.53 bits per heavy atom. The molecule has 2 rings (SSSR count). The number of hydrogen-bond acceptors (Lipinski definition) is 6. The molecule has 10 heteroatoms. The second kappa shape index (κ2) is 10.7. The van der Waals surface area contributed by atoms with Crippen LogP contribution in [0.2, 0.25) is 0 Å². The molecule has 0 aromatic heterocycles. The second-order valence-corrected chi connectivity index (χ2v) is 8.25. The highest BCUT2D eigenvalue weighted by molar-refractivity contribution is 7.89. The molecular formula is C20H25N3O6S. The Balaban J connectivity index is 1.91. The van der Waals surface area contributed by atoms with Crippen molar-refractivity contribution in [3.05, 3.63) is 59.2 Å². The van der Waals surface area contributed by atoms with E-state index in [9.17, 15) is 18.0 Å². The van der Waals surface area contributed by atoms with Crippen molar-refractivity contribution in [1.82, 2.24) is 15.6 Å². The van der Waals surface area contributed by atoms with Crippen LogP contribution < -0.4 is 20.3 Å². The van der Waals surface area contributed by atoms with E-state index in [0.29, 0.717) is 5.75 Å². The molecule has 0 spiro atoms. The summed E-state index contributed by atoms with van der Waals surface area (Å²) in [5.74, 6) is -0.645. The first-order chi connectivity index (χ1) is 14.2. The number of methoxy groups -OCH3 is 1. The summed E-state index contributed by atoms with van der Waals surface area (Å²) in [5.41, 5.74) is 6.43. The fourth-order valence-corrected chi connectivity index (χ4v) is 3.47. The van der Waals surface area contributed by atoms with E-state index < -0.39 is 21.8 Å². The molecular weight excluding hydrogens is 410 g/mol. The normalized spacial score (nSPS) is 11.0. The van der Waals surface area contributed by atoms with E-state index in [-0.39, 0.29) is 30.2 Å². The molecule has 0 aliphatic heterocycles. The van der Waals surface area contributed by atoms with Gasteiger partial charge in [-0.2, -0.15) is 0 Å². The minimum Gasteiger partial charge on any atom is -0.483 e. The summed E-state index contributed by atoms with van der Waals surface area (Å²) in [6.07, 6.45) is 0. The Morgan fingerprint density at radius 1 is 1.03 bits per heavy atom. The summed E-state index contributed by atoms with van der Waals surface area (Å²) in [5, 5.41) is 0. The first-order valence-electron chi connectivity index (χ1n) is 9.11. The topological polar surface area (TPSA) is 123 Å². The summed E-state index contributed by atoms with van der Waals surface area (Å²) in [4.78, 5) is 24.1. The number of benzene rings is 2. The van der Waals surface area contributed by atoms with Gasteiger partial charge >= 0.3 is 0 Å². The van der Waals surface area contributed by atoms with Crippen molar-refractivity contribution in [2.75, 3.05) is 26.9 Å². The molecule has 2 aromatic rings. The zero-order valence-electron chi connectivity index (χ0n) is 17.0. The van der Waals surface area contributed by atoms with E-state index in [1.165, 1.54) is 31.4 Å². The molecule has 3 N–H and O–H groups in total. The zero-order valence-corrected chi connectivity index (χ0v) is 17.8. The van der Waals surface area contributed by atoms with Crippen LogP contribution in [-0.2, 0) is 19.6 Å². The van der Waals surface area contributed by atoms with Crippen molar-refractivity contribution >= 4 is 21.8 Å². The molecule has 30 heavy (non-hydrogen) atoms. The number of carbonyl (C=O) groups excluding carboxylic acids is 2. The molecule has 0 unspecified atom stereocenters. The van der Waals surface area contributed by atoms with Crippen molar-refractivity contribution in [3.8, 4) is 5.75 Å². The first kappa shape index (κ1) is 23.3. The maximum absolute atomic E-state index is 12.3. The Labute approximate surface area is 175 Å². The van der Waals surface area contributed by atoms with E-state index in [1.807, 2.05) is 32.0 Å². The lowest BCUT2D eigenvalue weighted by atomic mass is 10.1. The van der Waals surface area contributed by atoms with Gasteiger partial charge in [-0.3, -0.25) is 20.4 Å². The Morgan fingerprint density at radius 2 is 1.80 bits per heavy atom. The van der Waals surface area contributed by atoms with Crippen molar-refractivity contribution in [1.29, 1.82) is 0 Å². The average molecular weight is 436 g/mol. The van der Waals surface area contributed by atoms with Crippen LogP contribution in [0, 0.1) is 13.8 Å². The fraction of sp³-hybridized carbons (Fsp3) is 0.300. The van der Waals surface area contributed by atoms with Gasteiger partial charge in [-0.05, 0) is 49.2 Å². The van der Waals surface area contributed by atoms with Gasteiger partial charge in [-0.25, -0.2) is 13.1 Å². The monoisotopic (exact) mass is 435 g/mol. The van der Waals surface area contributed by atoms with Crippen LogP contribution in [0.1, 0.15) is 21.5 Å². The van der Waals surface area contributed by atoms with E-state index in [0.717, 1.165) is 11.1 Å². The highest BCUT2D eigenvalue weighted by atomic mass is 32.2. The zero-order chi connectivity index (χ0) is 22.1. The minimum absolute atomic E-state index is 0.0698. The molecule has 0 radical (unpaired) electrons. The van der Waals surface area contributed by atoms with Gasteiger partial charge in [0.25, 0.3) is 11.8 Å². The van der Waals surface area contributed by atoms with Crippen LogP contribution in [0.4, 0.5) is 0 Å². The predicted octanol–water partition coefficient (Wildman–Crippen LogP) is 1.07. The van der Waals surface area contributed by atoms with Crippen LogP contribution >= 0.6 is 0 Å². The summed E-state index contributed by atoms with van der Waals surface area (Å²) < 4.78 is 37.1. The quantitative estimate of drug-likeness (QED) is 0.400. The highest BCUT2D eigenvalue weighted by Gasteiger charge is 2.16. The number of ether oxygens (including phenoxy) is 2. The molecule has 0 aliphatic carbocycles. The maximum Gasteiger partial charge on any atom is 0.276 e. The van der Waals surface area contributed by atoms with Crippen molar-refractivity contribution < 1.29 is 27.5 Å². The fourth-order valence-electron chi connectivity index (χ4n) is 2.41. The van der Waals surface area contributed by atoms with Crippen LogP contribution in [-0.4, -0.2) is 47.1 Å². The van der Waals surface area contributed by atoms with Gasteiger partial charge in [-0.15, -0.1) is 0 Å². The van der Waals surface area contributed by atoms with Crippen LogP contribution in [0.5, 0.6) is 5.75 Å². The number of carbonyl (C=O) groups is 2. The molecule has 0 saturated heterocycles. The molecule has 162 valence electrons. The van der Waals surface area contributed by atoms with Gasteiger partial charge in [0.05, 0.1) is 11.5 Å². The van der Waals surface area contributed by atoms with E-state index in [2.05, 4.69) is 15.6 Å². The van der Waals surface area contributed by atoms with Gasteiger partial charge in [0.15, 0.2) is 6.61 Å². The molecule has 0 bridgehead atoms. The number of amides is 2. The molecule has 2 aromatic carbocycles. The van der Waals surface area contributed by atoms with E-state index in [1.54, 1.807) is 0 Å². The van der Waals surface area contributed by atoms with Crippen molar-refractivity contribution in [2.24, 2.45) is 0 Å². The number of sulfonamides is 1. The number of nitrogens with one attached hydrogen (secondary N) is 3. The smallest absolute Gasteiger partial charge is 0.276 e. The van der Waals surface area contributed by atoms with Crippen LogP contribution in [0.25, 0.3) is 0 Å². The number of aryl methyl sites for hydroxylation is 2. The SMILES string of the molecule is COCCNS(=O)(=O)c1cccc(C(=O)NNC(=O)COc2cc(C)ccc2C)c1. The highest BCUT2D eigenvalue weighted by Crippen LogP contribution is 2.18. The standard InChI is InChI=1S/C20H25N3O6S/c1-14-7-8-15(2)18(11-14)29-13-19(24)22-23-20(25)16-5-4-6-17(12-16)30(26,27)21-9-10-28-3/h4-8,11-12,21H,9-10,13H2,1-3H3,(H,22,24)(H,23,25). The Kier molecular flexibility index (Phi) is 8.34. The first-order valence-corrected chi connectivity index (χ1v) is 10.6. The number of hydrazine groups is 1. The Hall–Kier alpha value is -2.95. The van der Waals surface area contributed by atoms with E-state index in [4.69, 9.17) is 9.47 Å². The number of hydrogen-bond donors (Lipinski definition) is 3. The lowest BCUT2D eigenvalue weighted by molar-refractivity contribution is -0.123. The van der Waals surface area contributed by atoms with Gasteiger partial charge in [-0.1, -0.05) is 18.2 Å². The number of rotatable bonds is 9. The summed E-state index contributed by atoms with van der Waals surface area (Å²) >= 11 is 0. The minimum atomic E-state index is -3.78. The van der Waals surface area contributed by atoms with Gasteiger partial charge in [0.1, 0.15) is 5.75 Å². The average Bonchev–Trinajstić information content (AvgIpc) is 2.72. The van der Waals surface area contributed by atoms with Crippen LogP contribution in [0.3, 0.4) is 0 Å². The summed E-state index contributed by atoms with van der Waals surface area (Å²) in [6.45, 7) is 3.80. The third-order valence-corrected chi connectivity index (χ3v) is 5.48. The van der Waals surface area contributed by atoms with Crippen LogP contribution in [0.15, 0.2) is 47.4 Å². The van der Waals surface area contributed by atoms with Crippen molar-refractivity contribution in [2.45, 2.75) is 18.7 Å². The molecule has 0 fully saturated rings. The third-order valence-electron chi connectivity index (χ3n) is 4.02. The molecule has 9 nitrogen and oxygen atoms in total. The summed E-state index contributed by atoms with van der Waals surface area (Å²) in [6, 6.07) is 11.1. The Bertz CT molecular complexity index is 1010. The lowest BCUT2D eigenvalue weighted by Crippen LogP contribution is -2.43. The maximum atomic E-state index is 12.3. The lowest BCUT2D eigenvalue weighted by Gasteiger charge is -2.11. The van der Waals surface area contributed by atoms with E-state index >= 15 is 0 Å². The van der Waals surface area contributed by atoms with Gasteiger partial charge < -0.3 is 9.47 Å². The summed E-state index contributed by atoms with van der Waals surface area (Å²) in [7, 11) is -2.33. The van der Waals surface area contributed by atoms with Gasteiger partial charge in [0, 0.05) is 19.2 Å². The molecule has 0 atom stereocenters. The predicted molar refractivity (Wildman–Crippen MR) is 111 cm³/mol. The second-order valence-electron chi connectivity index (χ2n) is 6.48. The third kappa shape index (κ3) is 6.83. The largest absolute Gasteiger partial charge is 0.483 e. The molecule has 2 amide bonds. The van der Waals surface area contributed by atoms with Gasteiger partial charge in [0.2, 0.25) is 10.0 Å². The molecule has 0 saturated carbocycles. The van der Waals surface area contributed by atoms with Crippen molar-refractivity contribution in [3.63, 3.8) is 0 Å². The molecule has 0 heterocycles.